The van der Waals surface area contributed by atoms with Crippen molar-refractivity contribution >= 4 is 34.1 Å². The predicted molar refractivity (Wildman–Crippen MR) is 130 cm³/mol. The summed E-state index contributed by atoms with van der Waals surface area (Å²) in [7, 11) is 0. The van der Waals surface area contributed by atoms with Gasteiger partial charge in [0.05, 0.1) is 27.8 Å². The van der Waals surface area contributed by atoms with Crippen LogP contribution in [0.4, 0.5) is 0 Å². The van der Waals surface area contributed by atoms with Gasteiger partial charge in [-0.1, -0.05) is 53.5 Å². The predicted octanol–water partition coefficient (Wildman–Crippen LogP) is 4.62. The Kier molecular flexibility index (Phi) is 4.90. The van der Waals surface area contributed by atoms with Gasteiger partial charge in [0, 0.05) is 30.2 Å². The molecule has 0 saturated carbocycles. The summed E-state index contributed by atoms with van der Waals surface area (Å²) < 4.78 is 4.80. The van der Waals surface area contributed by atoms with Crippen molar-refractivity contribution in [1.29, 1.82) is 0 Å². The molecular weight excluding hydrogens is 473 g/mol. The van der Waals surface area contributed by atoms with Crippen LogP contribution in [-0.4, -0.2) is 34.3 Å². The number of hydrogen-bond donors (Lipinski definition) is 0. The van der Waals surface area contributed by atoms with E-state index in [2.05, 4.69) is 20.3 Å². The van der Waals surface area contributed by atoms with E-state index in [4.69, 9.17) is 23.2 Å². The van der Waals surface area contributed by atoms with Crippen molar-refractivity contribution in [2.45, 2.75) is 6.54 Å². The van der Waals surface area contributed by atoms with E-state index in [0.717, 1.165) is 22.2 Å². The molecule has 0 aliphatic carbocycles. The summed E-state index contributed by atoms with van der Waals surface area (Å²) in [5.74, 6) is 0. The maximum atomic E-state index is 13.3. The Morgan fingerprint density at radius 2 is 1.62 bits per heavy atom. The van der Waals surface area contributed by atoms with Crippen LogP contribution in [0, 0.1) is 0 Å². The summed E-state index contributed by atoms with van der Waals surface area (Å²) in [5, 5.41) is 14.7. The van der Waals surface area contributed by atoms with Crippen molar-refractivity contribution in [2.75, 3.05) is 0 Å². The zero-order chi connectivity index (χ0) is 23.2. The van der Waals surface area contributed by atoms with E-state index in [0.29, 0.717) is 12.2 Å². The standard InChI is InChI=1S/C24H15Cl2N7O/c25-18-12-27-13-19(26)23(18)33-24(34)22-21(30-33)17-4-1-2-5-20(17)32(29-22)14-15-6-8-16(9-7-15)31-11-3-10-28-31/h1-13H,14H2. The van der Waals surface area contributed by atoms with Gasteiger partial charge in [0.1, 0.15) is 11.4 Å². The molecule has 2 aliphatic heterocycles. The van der Waals surface area contributed by atoms with Gasteiger partial charge in [0.25, 0.3) is 0 Å². The largest absolute Gasteiger partial charge is 0.301 e. The second-order valence-electron chi connectivity index (χ2n) is 7.66. The van der Waals surface area contributed by atoms with E-state index in [-0.39, 0.29) is 21.4 Å². The van der Waals surface area contributed by atoms with Crippen LogP contribution < -0.4 is 5.56 Å². The summed E-state index contributed by atoms with van der Waals surface area (Å²) in [5.41, 5.74) is 3.43. The Balaban J connectivity index is 1.49. The van der Waals surface area contributed by atoms with Gasteiger partial charge in [-0.15, -0.1) is 0 Å². The molecule has 2 aromatic carbocycles. The van der Waals surface area contributed by atoms with Crippen molar-refractivity contribution in [1.82, 2.24) is 34.3 Å². The molecule has 2 aliphatic rings. The highest BCUT2D eigenvalue weighted by molar-refractivity contribution is 6.37. The van der Waals surface area contributed by atoms with Gasteiger partial charge < -0.3 is 0 Å². The molecule has 0 N–H and O–H groups in total. The number of pyridine rings is 1. The fourth-order valence-corrected chi connectivity index (χ4v) is 4.49. The molecule has 6 rings (SSSR count). The molecule has 0 fully saturated rings. The van der Waals surface area contributed by atoms with Gasteiger partial charge in [0.2, 0.25) is 0 Å². The minimum Gasteiger partial charge on any atom is -0.265 e. The Morgan fingerprint density at radius 1 is 0.853 bits per heavy atom. The molecule has 0 atom stereocenters. The lowest BCUT2D eigenvalue weighted by molar-refractivity contribution is 0.699. The van der Waals surface area contributed by atoms with Gasteiger partial charge in [-0.25, -0.2) is 4.68 Å². The molecule has 166 valence electrons. The number of aromatic nitrogens is 7. The Bertz CT molecular complexity index is 1650. The molecule has 0 bridgehead atoms. The summed E-state index contributed by atoms with van der Waals surface area (Å²) in [6.07, 6.45) is 6.48. The van der Waals surface area contributed by atoms with E-state index in [1.54, 1.807) is 10.9 Å². The molecule has 10 heteroatoms. The van der Waals surface area contributed by atoms with Gasteiger partial charge in [0.15, 0.2) is 5.69 Å². The number of nitrogens with zero attached hydrogens (tertiary/aromatic N) is 7. The average Bonchev–Trinajstić information content (AvgIpc) is 3.49. The second-order valence-corrected chi connectivity index (χ2v) is 8.47. The minimum atomic E-state index is -0.404. The van der Waals surface area contributed by atoms with Gasteiger partial charge in [-0.3, -0.25) is 14.5 Å². The van der Waals surface area contributed by atoms with Crippen LogP contribution in [-0.2, 0) is 6.54 Å². The third-order valence-corrected chi connectivity index (χ3v) is 6.11. The lowest BCUT2D eigenvalue weighted by Gasteiger charge is -2.12. The zero-order valence-corrected chi connectivity index (χ0v) is 19.0. The fourth-order valence-electron chi connectivity index (χ4n) is 3.97. The number of rotatable bonds is 4. The first kappa shape index (κ1) is 20.6. The van der Waals surface area contributed by atoms with E-state index < -0.39 is 5.56 Å². The number of benzene rings is 2. The number of hydrogen-bond acceptors (Lipinski definition) is 5. The third-order valence-electron chi connectivity index (χ3n) is 5.55. The summed E-state index contributed by atoms with van der Waals surface area (Å²) in [4.78, 5) is 17.3. The van der Waals surface area contributed by atoms with Crippen LogP contribution in [0.25, 0.3) is 33.7 Å². The molecule has 0 saturated heterocycles. The monoisotopic (exact) mass is 487 g/mol. The number of fused-ring (bicyclic) bond motifs is 3. The van der Waals surface area contributed by atoms with Crippen LogP contribution in [0.2, 0.25) is 10.0 Å². The molecular formula is C24H15Cl2N7O. The van der Waals surface area contributed by atoms with E-state index in [1.165, 1.54) is 17.1 Å². The lowest BCUT2D eigenvalue weighted by atomic mass is 10.1. The Morgan fingerprint density at radius 3 is 2.35 bits per heavy atom. The van der Waals surface area contributed by atoms with Crippen molar-refractivity contribution in [2.24, 2.45) is 0 Å². The summed E-state index contributed by atoms with van der Waals surface area (Å²) in [6.45, 7) is 0.469. The summed E-state index contributed by atoms with van der Waals surface area (Å²) in [6, 6.07) is 17.6. The lowest BCUT2D eigenvalue weighted by Crippen LogP contribution is -2.18. The van der Waals surface area contributed by atoms with Crippen LogP contribution in [0.5, 0.6) is 0 Å². The fraction of sp³-hybridized carbons (Fsp3) is 0.0417. The highest BCUT2D eigenvalue weighted by atomic mass is 35.5. The highest BCUT2D eigenvalue weighted by Crippen LogP contribution is 2.30. The molecule has 8 nitrogen and oxygen atoms in total. The first-order valence-electron chi connectivity index (χ1n) is 10.4. The van der Waals surface area contributed by atoms with Crippen molar-refractivity contribution in [3.05, 3.63) is 105 Å². The first-order valence-corrected chi connectivity index (χ1v) is 11.1. The second kappa shape index (κ2) is 8.09. The minimum absolute atomic E-state index is 0.229. The molecule has 0 amide bonds. The first-order chi connectivity index (χ1) is 16.6. The maximum absolute atomic E-state index is 13.3. The Hall–Kier alpha value is -4.01. The molecule has 34 heavy (non-hydrogen) atoms. The maximum Gasteiger partial charge on any atom is 0.301 e. The van der Waals surface area contributed by atoms with Gasteiger partial charge in [-0.05, 0) is 29.8 Å². The number of halogens is 2. The molecule has 0 spiro atoms. The smallest absolute Gasteiger partial charge is 0.265 e. The SMILES string of the molecule is O=c1c2nn(Cc3ccc(-n4cccn4)cc3)c3ccccc3c-2nn1-c1c(Cl)cncc1Cl. The number of para-hydroxylation sites is 1. The van der Waals surface area contributed by atoms with Gasteiger partial charge >= 0.3 is 5.56 Å². The van der Waals surface area contributed by atoms with Gasteiger partial charge in [-0.2, -0.15) is 20.0 Å². The Labute approximate surface area is 203 Å². The molecule has 0 unspecified atom stereocenters. The third kappa shape index (κ3) is 3.35. The quantitative estimate of drug-likeness (QED) is 0.362. The molecule has 4 aromatic rings. The van der Waals surface area contributed by atoms with Crippen LogP contribution in [0.15, 0.2) is 84.2 Å². The molecule has 0 radical (unpaired) electrons. The van der Waals surface area contributed by atoms with Crippen LogP contribution in [0.3, 0.4) is 0 Å². The van der Waals surface area contributed by atoms with E-state index in [1.807, 2.05) is 65.5 Å². The molecule has 2 aromatic heterocycles. The average molecular weight is 488 g/mol. The van der Waals surface area contributed by atoms with Crippen molar-refractivity contribution in [3.63, 3.8) is 0 Å². The van der Waals surface area contributed by atoms with Crippen LogP contribution >= 0.6 is 23.2 Å². The topological polar surface area (TPSA) is 83.4 Å². The van der Waals surface area contributed by atoms with Crippen LogP contribution in [0.1, 0.15) is 5.56 Å². The van der Waals surface area contributed by atoms with Crippen molar-refractivity contribution < 1.29 is 0 Å². The molecule has 4 heterocycles. The van der Waals surface area contributed by atoms with E-state index in [9.17, 15) is 4.79 Å². The normalized spacial score (nSPS) is 11.5. The van der Waals surface area contributed by atoms with E-state index >= 15 is 0 Å². The highest BCUT2D eigenvalue weighted by Gasteiger charge is 2.24. The summed E-state index contributed by atoms with van der Waals surface area (Å²) >= 11 is 12.6. The zero-order valence-electron chi connectivity index (χ0n) is 17.5. The van der Waals surface area contributed by atoms with Crippen molar-refractivity contribution in [3.8, 4) is 22.8 Å².